The Balaban J connectivity index is 1.67. The molecule has 28 heavy (non-hydrogen) atoms. The molecular formula is C18H17BrN4O3S2. The minimum atomic E-state index is -3.87. The van der Waals surface area contributed by atoms with E-state index >= 15 is 0 Å². The number of benzene rings is 2. The third kappa shape index (κ3) is 3.34. The van der Waals surface area contributed by atoms with Crippen molar-refractivity contribution < 1.29 is 13.2 Å². The molecule has 1 aliphatic heterocycles. The van der Waals surface area contributed by atoms with Crippen LogP contribution >= 0.6 is 27.7 Å². The molecule has 1 aromatic heterocycles. The minimum absolute atomic E-state index is 0.102. The molecule has 3 aromatic rings. The van der Waals surface area contributed by atoms with Crippen LogP contribution in [-0.2, 0) is 14.8 Å². The fourth-order valence-electron chi connectivity index (χ4n) is 3.41. The molecule has 2 heterocycles. The van der Waals surface area contributed by atoms with E-state index in [2.05, 4.69) is 24.7 Å². The normalized spacial score (nSPS) is 17.9. The fraction of sp³-hybridized carbons (Fsp3) is 0.278. The zero-order chi connectivity index (χ0) is 19.9. The average molecular weight is 481 g/mol. The first kappa shape index (κ1) is 19.4. The quantitative estimate of drug-likeness (QED) is 0.571. The molecule has 2 aromatic carbocycles. The second kappa shape index (κ2) is 7.51. The highest BCUT2D eigenvalue weighted by Gasteiger charge is 2.41. The van der Waals surface area contributed by atoms with Gasteiger partial charge in [0.15, 0.2) is 0 Å². The van der Waals surface area contributed by atoms with Gasteiger partial charge in [0.2, 0.25) is 15.9 Å². The summed E-state index contributed by atoms with van der Waals surface area (Å²) in [4.78, 5) is 14.7. The first-order valence-electron chi connectivity index (χ1n) is 8.66. The van der Waals surface area contributed by atoms with Crippen molar-refractivity contribution in [1.29, 1.82) is 0 Å². The summed E-state index contributed by atoms with van der Waals surface area (Å²) in [5.41, 5.74) is 1.61. The van der Waals surface area contributed by atoms with Gasteiger partial charge in [0, 0.05) is 23.8 Å². The van der Waals surface area contributed by atoms with E-state index in [1.807, 2.05) is 24.3 Å². The first-order valence-corrected chi connectivity index (χ1v) is 11.6. The van der Waals surface area contributed by atoms with Gasteiger partial charge in [-0.25, -0.2) is 8.42 Å². The predicted molar refractivity (Wildman–Crippen MR) is 112 cm³/mol. The summed E-state index contributed by atoms with van der Waals surface area (Å²) >= 11 is 4.35. The minimum Gasteiger partial charge on any atom is -0.314 e. The van der Waals surface area contributed by atoms with Gasteiger partial charge in [-0.05, 0) is 49.2 Å². The van der Waals surface area contributed by atoms with Gasteiger partial charge in [0.25, 0.3) is 0 Å². The Morgan fingerprint density at radius 3 is 2.71 bits per heavy atom. The Kier molecular flexibility index (Phi) is 5.21. The number of anilines is 1. The third-order valence-corrected chi connectivity index (χ3v) is 7.88. The maximum Gasteiger partial charge on any atom is 0.246 e. The number of likely N-dealkylation sites (N-methyl/N-ethyl adjacent to an activating group) is 1. The number of hydrogen-bond acceptors (Lipinski definition) is 6. The summed E-state index contributed by atoms with van der Waals surface area (Å²) in [6.07, 6.45) is 1.12. The van der Waals surface area contributed by atoms with Crippen LogP contribution in [0.4, 0.5) is 5.69 Å². The largest absolute Gasteiger partial charge is 0.314 e. The summed E-state index contributed by atoms with van der Waals surface area (Å²) in [6, 6.07) is 11.5. The highest BCUT2D eigenvalue weighted by Crippen LogP contribution is 2.31. The van der Waals surface area contributed by atoms with Gasteiger partial charge in [0.05, 0.1) is 11.7 Å². The molecule has 1 amide bonds. The molecular weight excluding hydrogens is 464 g/mol. The van der Waals surface area contributed by atoms with Gasteiger partial charge in [-0.3, -0.25) is 4.79 Å². The van der Waals surface area contributed by atoms with Crippen LogP contribution in [0.15, 0.2) is 51.8 Å². The van der Waals surface area contributed by atoms with Crippen molar-refractivity contribution in [1.82, 2.24) is 13.1 Å². The molecule has 1 atom stereocenters. The molecule has 10 heteroatoms. The smallest absolute Gasteiger partial charge is 0.246 e. The number of halogens is 1. The highest BCUT2D eigenvalue weighted by molar-refractivity contribution is 9.10. The molecule has 0 unspecified atom stereocenters. The van der Waals surface area contributed by atoms with Gasteiger partial charge in [-0.2, -0.15) is 13.1 Å². The second-order valence-electron chi connectivity index (χ2n) is 6.54. The van der Waals surface area contributed by atoms with E-state index < -0.39 is 16.1 Å². The maximum atomic E-state index is 13.4. The zero-order valence-electron chi connectivity index (χ0n) is 14.9. The van der Waals surface area contributed by atoms with Gasteiger partial charge in [-0.15, -0.1) is 0 Å². The Labute approximate surface area is 175 Å². The molecule has 0 saturated carbocycles. The number of amides is 1. The third-order valence-electron chi connectivity index (χ3n) is 4.87. The molecule has 0 spiro atoms. The van der Waals surface area contributed by atoms with Crippen molar-refractivity contribution >= 4 is 60.3 Å². The van der Waals surface area contributed by atoms with E-state index in [1.54, 1.807) is 19.2 Å². The molecule has 0 bridgehead atoms. The summed E-state index contributed by atoms with van der Waals surface area (Å²) < 4.78 is 37.2. The van der Waals surface area contributed by atoms with E-state index in [-0.39, 0.29) is 10.8 Å². The van der Waals surface area contributed by atoms with Crippen LogP contribution in [0.5, 0.6) is 0 Å². The number of carbonyl (C=O) groups excluding carboxylic acids is 1. The Morgan fingerprint density at radius 1 is 1.21 bits per heavy atom. The SMILES string of the molecule is CN(C(=O)[C@H]1CCCN1S(=O)(=O)c1cccc2nsnc12)c1ccc(Br)cc1. The standard InChI is InChI=1S/C18H17BrN4O3S2/c1-22(13-9-7-12(19)8-10-13)18(24)15-5-3-11-23(15)28(25,26)16-6-2-4-14-17(16)21-27-20-14/h2,4,6-10,15H,3,5,11H2,1H3/t15-/m1/s1. The maximum absolute atomic E-state index is 13.4. The van der Waals surface area contributed by atoms with Crippen molar-refractivity contribution in [2.45, 2.75) is 23.8 Å². The lowest BCUT2D eigenvalue weighted by atomic mass is 10.2. The van der Waals surface area contributed by atoms with Crippen LogP contribution in [0.1, 0.15) is 12.8 Å². The van der Waals surface area contributed by atoms with Crippen molar-refractivity contribution in [3.8, 4) is 0 Å². The molecule has 1 saturated heterocycles. The van der Waals surface area contributed by atoms with Crippen LogP contribution in [-0.4, -0.2) is 47.0 Å². The van der Waals surface area contributed by atoms with Gasteiger partial charge < -0.3 is 4.90 Å². The topological polar surface area (TPSA) is 83.5 Å². The van der Waals surface area contributed by atoms with E-state index in [4.69, 9.17) is 0 Å². The van der Waals surface area contributed by atoms with E-state index in [1.165, 1.54) is 15.3 Å². The lowest BCUT2D eigenvalue weighted by Gasteiger charge is -2.27. The van der Waals surface area contributed by atoms with Crippen molar-refractivity contribution in [2.24, 2.45) is 0 Å². The average Bonchev–Trinajstić information content (AvgIpc) is 3.36. The zero-order valence-corrected chi connectivity index (χ0v) is 18.2. The van der Waals surface area contributed by atoms with Crippen molar-refractivity contribution in [2.75, 3.05) is 18.5 Å². The summed E-state index contributed by atoms with van der Waals surface area (Å²) in [6.45, 7) is 0.306. The summed E-state index contributed by atoms with van der Waals surface area (Å²) in [5, 5.41) is 0. The van der Waals surface area contributed by atoms with Crippen LogP contribution in [0.3, 0.4) is 0 Å². The van der Waals surface area contributed by atoms with Crippen LogP contribution in [0, 0.1) is 0 Å². The Morgan fingerprint density at radius 2 is 1.96 bits per heavy atom. The monoisotopic (exact) mass is 480 g/mol. The lowest BCUT2D eigenvalue weighted by Crippen LogP contribution is -2.46. The van der Waals surface area contributed by atoms with Gasteiger partial charge >= 0.3 is 0 Å². The summed E-state index contributed by atoms with van der Waals surface area (Å²) in [5.74, 6) is -0.244. The van der Waals surface area contributed by atoms with Crippen molar-refractivity contribution in [3.63, 3.8) is 0 Å². The number of sulfonamides is 1. The number of rotatable bonds is 4. The molecule has 0 aliphatic carbocycles. The van der Waals surface area contributed by atoms with Crippen LogP contribution in [0.2, 0.25) is 0 Å². The lowest BCUT2D eigenvalue weighted by molar-refractivity contribution is -0.121. The molecule has 7 nitrogen and oxygen atoms in total. The molecule has 0 radical (unpaired) electrons. The number of nitrogens with zero attached hydrogens (tertiary/aromatic N) is 4. The highest BCUT2D eigenvalue weighted by atomic mass is 79.9. The van der Waals surface area contributed by atoms with E-state index in [0.29, 0.717) is 36.1 Å². The van der Waals surface area contributed by atoms with Gasteiger partial charge in [-0.1, -0.05) is 22.0 Å². The molecule has 0 N–H and O–H groups in total. The Bertz CT molecular complexity index is 1130. The second-order valence-corrected chi connectivity index (χ2v) is 9.84. The molecule has 1 fully saturated rings. The molecule has 1 aliphatic rings. The number of aromatic nitrogens is 2. The Hall–Kier alpha value is -1.88. The van der Waals surface area contributed by atoms with E-state index in [9.17, 15) is 13.2 Å². The fourth-order valence-corrected chi connectivity index (χ4v) is 6.08. The molecule has 146 valence electrons. The summed E-state index contributed by atoms with van der Waals surface area (Å²) in [7, 11) is -2.20. The number of hydrogen-bond donors (Lipinski definition) is 0. The number of carbonyl (C=O) groups is 1. The molecule has 4 rings (SSSR count). The van der Waals surface area contributed by atoms with Crippen LogP contribution in [0.25, 0.3) is 11.0 Å². The van der Waals surface area contributed by atoms with Gasteiger partial charge in [0.1, 0.15) is 22.0 Å². The number of fused-ring (bicyclic) bond motifs is 1. The predicted octanol–water partition coefficient (Wildman–Crippen LogP) is 3.27. The van der Waals surface area contributed by atoms with Crippen molar-refractivity contribution in [3.05, 3.63) is 46.9 Å². The van der Waals surface area contributed by atoms with E-state index in [0.717, 1.165) is 16.2 Å². The first-order chi connectivity index (χ1) is 13.4. The van der Waals surface area contributed by atoms with Crippen LogP contribution < -0.4 is 4.90 Å².